The van der Waals surface area contributed by atoms with Crippen molar-refractivity contribution in [1.82, 2.24) is 14.5 Å². The van der Waals surface area contributed by atoms with E-state index in [9.17, 15) is 0 Å². The summed E-state index contributed by atoms with van der Waals surface area (Å²) >= 11 is 0. The molecule has 7 rings (SSSR count). The lowest BCUT2D eigenvalue weighted by atomic mass is 10.0. The quantitative estimate of drug-likeness (QED) is 0.264. The van der Waals surface area contributed by atoms with Gasteiger partial charge in [0, 0.05) is 22.2 Å². The third-order valence-electron chi connectivity index (χ3n) is 6.81. The Bertz CT molecular complexity index is 1900. The molecule has 0 amide bonds. The van der Waals surface area contributed by atoms with Crippen molar-refractivity contribution in [3.8, 4) is 28.2 Å². The van der Waals surface area contributed by atoms with E-state index in [4.69, 9.17) is 9.40 Å². The fraction of sp³-hybridized carbons (Fsp3) is 0.0625. The molecule has 4 heteroatoms. The molecule has 0 radical (unpaired) electrons. The normalized spacial score (nSPS) is 11.6. The first kappa shape index (κ1) is 20.7. The van der Waals surface area contributed by atoms with Crippen LogP contribution in [0, 0.1) is 13.8 Å². The maximum Gasteiger partial charge on any atom is 0.149 e. The number of nitrogens with zero attached hydrogens (tertiary/aromatic N) is 3. The highest BCUT2D eigenvalue weighted by Gasteiger charge is 2.21. The van der Waals surface area contributed by atoms with E-state index in [1.165, 1.54) is 5.56 Å². The van der Waals surface area contributed by atoms with Crippen LogP contribution >= 0.6 is 0 Å². The molecule has 0 N–H and O–H groups in total. The summed E-state index contributed by atoms with van der Waals surface area (Å²) in [6.45, 7) is 4.05. The number of hydrogen-bond acceptors (Lipinski definition) is 3. The zero-order valence-electron chi connectivity index (χ0n) is 20.1. The number of rotatable bonds is 3. The Morgan fingerprint density at radius 2 is 1.44 bits per heavy atom. The molecule has 172 valence electrons. The number of imidazole rings is 1. The van der Waals surface area contributed by atoms with E-state index in [0.717, 1.165) is 67.0 Å². The van der Waals surface area contributed by atoms with Crippen LogP contribution in [-0.2, 0) is 0 Å². The van der Waals surface area contributed by atoms with Gasteiger partial charge in [-0.05, 0) is 61.4 Å². The van der Waals surface area contributed by atoms with Crippen LogP contribution in [-0.4, -0.2) is 14.5 Å². The standard InChI is InChI=1S/C32H23N3O/c1-20-18-28-30(21(2)33-20)34-32(35(28)24-12-7-4-8-13-24)27-15-9-14-26-25-17-16-23(19-29(25)36-31(26)27)22-10-5-3-6-11-22/h3-19H,1-2H3. The third-order valence-corrected chi connectivity index (χ3v) is 6.81. The van der Waals surface area contributed by atoms with Crippen LogP contribution in [0.4, 0.5) is 0 Å². The predicted octanol–water partition coefficient (Wildman–Crippen LogP) is 8.27. The van der Waals surface area contributed by atoms with Gasteiger partial charge in [-0.2, -0.15) is 0 Å². The molecular formula is C32H23N3O. The van der Waals surface area contributed by atoms with Gasteiger partial charge in [0.15, 0.2) is 0 Å². The van der Waals surface area contributed by atoms with E-state index in [1.54, 1.807) is 0 Å². The van der Waals surface area contributed by atoms with Crippen LogP contribution in [0.15, 0.2) is 108 Å². The number of hydrogen-bond donors (Lipinski definition) is 0. The Hall–Kier alpha value is -4.70. The summed E-state index contributed by atoms with van der Waals surface area (Å²) in [6.07, 6.45) is 0. The topological polar surface area (TPSA) is 43.9 Å². The Labute approximate surface area is 208 Å². The largest absolute Gasteiger partial charge is 0.455 e. The molecule has 4 aromatic carbocycles. The molecule has 0 aliphatic carbocycles. The average molecular weight is 466 g/mol. The maximum atomic E-state index is 6.57. The minimum atomic E-state index is 0.840. The first-order valence-electron chi connectivity index (χ1n) is 12.1. The van der Waals surface area contributed by atoms with Gasteiger partial charge in [0.1, 0.15) is 22.5 Å². The van der Waals surface area contributed by atoms with E-state index in [-0.39, 0.29) is 0 Å². The molecule has 4 nitrogen and oxygen atoms in total. The zero-order valence-corrected chi connectivity index (χ0v) is 20.1. The lowest BCUT2D eigenvalue weighted by Gasteiger charge is -2.10. The van der Waals surface area contributed by atoms with Crippen molar-refractivity contribution in [3.63, 3.8) is 0 Å². The average Bonchev–Trinajstić information content (AvgIpc) is 3.48. The van der Waals surface area contributed by atoms with Crippen LogP contribution in [0.2, 0.25) is 0 Å². The third kappa shape index (κ3) is 3.15. The summed E-state index contributed by atoms with van der Waals surface area (Å²) < 4.78 is 8.79. The van der Waals surface area contributed by atoms with E-state index in [0.29, 0.717) is 0 Å². The van der Waals surface area contributed by atoms with Crippen LogP contribution in [0.3, 0.4) is 0 Å². The molecule has 0 fully saturated rings. The van der Waals surface area contributed by atoms with Gasteiger partial charge < -0.3 is 4.42 Å². The van der Waals surface area contributed by atoms with Crippen molar-refractivity contribution in [2.24, 2.45) is 0 Å². The van der Waals surface area contributed by atoms with Gasteiger partial charge in [0.25, 0.3) is 0 Å². The molecule has 0 aliphatic heterocycles. The minimum Gasteiger partial charge on any atom is -0.455 e. The molecule has 0 bridgehead atoms. The Balaban J connectivity index is 1.52. The molecule has 0 aliphatic rings. The molecular weight excluding hydrogens is 442 g/mol. The van der Waals surface area contributed by atoms with E-state index >= 15 is 0 Å². The smallest absolute Gasteiger partial charge is 0.149 e. The molecule has 36 heavy (non-hydrogen) atoms. The zero-order chi connectivity index (χ0) is 24.2. The van der Waals surface area contributed by atoms with Crippen molar-refractivity contribution >= 4 is 33.0 Å². The first-order chi connectivity index (χ1) is 17.7. The molecule has 0 saturated carbocycles. The van der Waals surface area contributed by atoms with Crippen LogP contribution < -0.4 is 0 Å². The molecule has 0 atom stereocenters. The van der Waals surface area contributed by atoms with Gasteiger partial charge in [0.05, 0.1) is 16.8 Å². The molecule has 3 aromatic heterocycles. The highest BCUT2D eigenvalue weighted by atomic mass is 16.3. The Kier molecular flexibility index (Phi) is 4.55. The Morgan fingerprint density at radius 1 is 0.667 bits per heavy atom. The van der Waals surface area contributed by atoms with Crippen molar-refractivity contribution < 1.29 is 4.42 Å². The van der Waals surface area contributed by atoms with Crippen molar-refractivity contribution in [2.75, 3.05) is 0 Å². The fourth-order valence-electron chi connectivity index (χ4n) is 5.18. The summed E-state index contributed by atoms with van der Waals surface area (Å²) in [5.41, 5.74) is 9.87. The predicted molar refractivity (Wildman–Crippen MR) is 146 cm³/mol. The summed E-state index contributed by atoms with van der Waals surface area (Å²) in [6, 6.07) is 35.6. The highest BCUT2D eigenvalue weighted by Crippen LogP contribution is 2.39. The van der Waals surface area contributed by atoms with Gasteiger partial charge in [0.2, 0.25) is 0 Å². The number of aryl methyl sites for hydroxylation is 2. The van der Waals surface area contributed by atoms with Gasteiger partial charge >= 0.3 is 0 Å². The minimum absolute atomic E-state index is 0.840. The Morgan fingerprint density at radius 3 is 2.25 bits per heavy atom. The number of para-hydroxylation sites is 2. The SMILES string of the molecule is Cc1cc2c(nc(-c3cccc4c3oc3cc(-c5ccccc5)ccc34)n2-c2ccccc2)c(C)n1. The van der Waals surface area contributed by atoms with Crippen molar-refractivity contribution in [1.29, 1.82) is 0 Å². The fourth-order valence-corrected chi connectivity index (χ4v) is 5.18. The van der Waals surface area contributed by atoms with Crippen LogP contribution in [0.25, 0.3) is 61.2 Å². The lowest BCUT2D eigenvalue weighted by molar-refractivity contribution is 0.669. The van der Waals surface area contributed by atoms with Gasteiger partial charge in [-0.25, -0.2) is 4.98 Å². The second-order valence-corrected chi connectivity index (χ2v) is 9.18. The molecule has 0 unspecified atom stereocenters. The van der Waals surface area contributed by atoms with E-state index in [2.05, 4.69) is 101 Å². The second-order valence-electron chi connectivity index (χ2n) is 9.18. The number of aromatic nitrogens is 3. The van der Waals surface area contributed by atoms with Gasteiger partial charge in [-0.15, -0.1) is 0 Å². The summed E-state index contributed by atoms with van der Waals surface area (Å²) in [7, 11) is 0. The van der Waals surface area contributed by atoms with Crippen LogP contribution in [0.1, 0.15) is 11.4 Å². The highest BCUT2D eigenvalue weighted by molar-refractivity contribution is 6.10. The maximum absolute atomic E-state index is 6.57. The van der Waals surface area contributed by atoms with E-state index in [1.807, 2.05) is 26.0 Å². The van der Waals surface area contributed by atoms with Gasteiger partial charge in [-0.3, -0.25) is 9.55 Å². The first-order valence-corrected chi connectivity index (χ1v) is 12.1. The number of furan rings is 1. The molecule has 0 saturated heterocycles. The van der Waals surface area contributed by atoms with Crippen molar-refractivity contribution in [2.45, 2.75) is 13.8 Å². The second kappa shape index (κ2) is 7.92. The number of fused-ring (bicyclic) bond motifs is 4. The molecule has 7 aromatic rings. The van der Waals surface area contributed by atoms with Crippen LogP contribution in [0.5, 0.6) is 0 Å². The van der Waals surface area contributed by atoms with Gasteiger partial charge in [-0.1, -0.05) is 66.7 Å². The molecule has 3 heterocycles. The summed E-state index contributed by atoms with van der Waals surface area (Å²) in [5, 5.41) is 2.18. The summed E-state index contributed by atoms with van der Waals surface area (Å²) in [4.78, 5) is 9.81. The van der Waals surface area contributed by atoms with Crippen molar-refractivity contribution in [3.05, 3.63) is 115 Å². The lowest BCUT2D eigenvalue weighted by Crippen LogP contribution is -1.98. The number of benzene rings is 4. The summed E-state index contributed by atoms with van der Waals surface area (Å²) in [5.74, 6) is 0.847. The van der Waals surface area contributed by atoms with E-state index < -0.39 is 0 Å². The monoisotopic (exact) mass is 465 g/mol. The number of pyridine rings is 1. The molecule has 0 spiro atoms.